The number of morpholine rings is 1. The number of aryl methyl sites for hydroxylation is 1. The molecule has 0 aliphatic carbocycles. The number of rotatable bonds is 7. The van der Waals surface area contributed by atoms with Crippen molar-refractivity contribution in [3.63, 3.8) is 0 Å². The minimum atomic E-state index is -4.29. The summed E-state index contributed by atoms with van der Waals surface area (Å²) in [5.41, 5.74) is 1.97. The van der Waals surface area contributed by atoms with Gasteiger partial charge in [-0.15, -0.1) is 0 Å². The van der Waals surface area contributed by atoms with Crippen molar-refractivity contribution in [1.82, 2.24) is 9.88 Å². The minimum Gasteiger partial charge on any atom is -0.394 e. The van der Waals surface area contributed by atoms with E-state index in [-0.39, 0.29) is 37.8 Å². The van der Waals surface area contributed by atoms with E-state index in [0.29, 0.717) is 49.1 Å². The highest BCUT2D eigenvalue weighted by molar-refractivity contribution is 5.91. The molecule has 3 heterocycles. The zero-order chi connectivity index (χ0) is 27.4. The first-order valence-corrected chi connectivity index (χ1v) is 12.7. The topological polar surface area (TPSA) is 90.0 Å². The average Bonchev–Trinajstić information content (AvgIpc) is 3.33. The van der Waals surface area contributed by atoms with Gasteiger partial charge in [-0.1, -0.05) is 0 Å². The van der Waals surface area contributed by atoms with Crippen molar-refractivity contribution in [3.05, 3.63) is 35.6 Å². The van der Waals surface area contributed by atoms with Crippen LogP contribution in [0, 0.1) is 18.7 Å². The number of hydrogen-bond acceptors (Lipinski definition) is 6. The number of nitrogens with zero attached hydrogens (tertiary/aromatic N) is 3. The molecule has 0 saturated carbocycles. The summed E-state index contributed by atoms with van der Waals surface area (Å²) in [7, 11) is 0. The average molecular weight is 540 g/mol. The van der Waals surface area contributed by atoms with Gasteiger partial charge in [0.25, 0.3) is 0 Å². The summed E-state index contributed by atoms with van der Waals surface area (Å²) in [4.78, 5) is 20.8. The second-order valence-corrected chi connectivity index (χ2v) is 9.92. The fourth-order valence-corrected chi connectivity index (χ4v) is 4.78. The van der Waals surface area contributed by atoms with Crippen LogP contribution in [0.15, 0.2) is 24.3 Å². The van der Waals surface area contributed by atoms with Crippen molar-refractivity contribution < 1.29 is 32.2 Å². The number of aromatic nitrogens is 1. The molecule has 8 nitrogen and oxygen atoms in total. The second kappa shape index (κ2) is 11.7. The van der Waals surface area contributed by atoms with Gasteiger partial charge in [-0.3, -0.25) is 0 Å². The van der Waals surface area contributed by atoms with Crippen LogP contribution in [-0.2, 0) is 4.74 Å². The quantitative estimate of drug-likeness (QED) is 0.445. The Morgan fingerprint density at radius 2 is 1.95 bits per heavy atom. The van der Waals surface area contributed by atoms with Crippen LogP contribution in [0.25, 0.3) is 11.1 Å². The lowest BCUT2D eigenvalue weighted by molar-refractivity contribution is -0.143. The number of hydrogen-bond donors (Lipinski definition) is 3. The first kappa shape index (κ1) is 27.9. The van der Waals surface area contributed by atoms with E-state index >= 15 is 0 Å². The lowest BCUT2D eigenvalue weighted by Crippen LogP contribution is -2.37. The van der Waals surface area contributed by atoms with Crippen molar-refractivity contribution in [2.24, 2.45) is 5.92 Å². The van der Waals surface area contributed by atoms with E-state index in [1.807, 2.05) is 13.0 Å². The van der Waals surface area contributed by atoms with E-state index in [9.17, 15) is 27.5 Å². The maximum absolute atomic E-state index is 14.9. The van der Waals surface area contributed by atoms with Gasteiger partial charge >= 0.3 is 12.2 Å². The van der Waals surface area contributed by atoms with Crippen molar-refractivity contribution in [1.29, 1.82) is 0 Å². The number of nitrogens with one attached hydrogen (secondary N) is 2. The molecule has 2 aromatic rings. The van der Waals surface area contributed by atoms with Gasteiger partial charge in [0.2, 0.25) is 0 Å². The van der Waals surface area contributed by atoms with Gasteiger partial charge < -0.3 is 30.3 Å². The van der Waals surface area contributed by atoms with Crippen LogP contribution in [0.2, 0.25) is 0 Å². The van der Waals surface area contributed by atoms with Crippen LogP contribution in [0.4, 0.5) is 39.7 Å². The number of aliphatic hydroxyl groups is 1. The maximum Gasteiger partial charge on any atom is 0.389 e. The van der Waals surface area contributed by atoms with Crippen LogP contribution in [-0.4, -0.2) is 79.2 Å². The zero-order valence-corrected chi connectivity index (χ0v) is 21.4. The number of carbonyl (C=O) groups excluding carboxylic acids is 1. The van der Waals surface area contributed by atoms with E-state index in [1.165, 1.54) is 17.0 Å². The van der Waals surface area contributed by atoms with Gasteiger partial charge in [0.05, 0.1) is 25.5 Å². The molecule has 2 saturated heterocycles. The number of alkyl halides is 3. The van der Waals surface area contributed by atoms with E-state index in [0.717, 1.165) is 5.56 Å². The van der Waals surface area contributed by atoms with Crippen LogP contribution in [0.5, 0.6) is 0 Å². The van der Waals surface area contributed by atoms with Crippen molar-refractivity contribution in [2.75, 3.05) is 61.5 Å². The number of ether oxygens (including phenoxy) is 1. The summed E-state index contributed by atoms with van der Waals surface area (Å²) in [5.74, 6) is -0.0738. The fraction of sp³-hybridized carbons (Fsp3) is 0.538. The number of carbonyl (C=O) groups is 1. The summed E-state index contributed by atoms with van der Waals surface area (Å²) in [6.07, 6.45) is -4.99. The Balaban J connectivity index is 1.60. The molecule has 2 fully saturated rings. The summed E-state index contributed by atoms with van der Waals surface area (Å²) < 4.78 is 58.6. The Kier molecular flexibility index (Phi) is 8.61. The SMILES string of the molecule is Cc1cc(F)c(NC(=O)N2CCC(CC(F)(F)F)C2)cc1-c1cc(NC(C)CO)nc(N2CCOCC2)c1. The molecule has 4 rings (SSSR count). The monoisotopic (exact) mass is 539 g/mol. The molecule has 2 atom stereocenters. The Bertz CT molecular complexity index is 1140. The van der Waals surface area contributed by atoms with Crippen LogP contribution in [0.1, 0.15) is 25.3 Å². The molecule has 208 valence electrons. The van der Waals surface area contributed by atoms with Crippen molar-refractivity contribution in [3.8, 4) is 11.1 Å². The maximum atomic E-state index is 14.9. The summed E-state index contributed by atoms with van der Waals surface area (Å²) in [6, 6.07) is 5.65. The Morgan fingerprint density at radius 3 is 2.63 bits per heavy atom. The number of likely N-dealkylation sites (tertiary alicyclic amines) is 1. The first-order chi connectivity index (χ1) is 18.0. The van der Waals surface area contributed by atoms with Gasteiger partial charge in [-0.05, 0) is 67.1 Å². The number of benzene rings is 1. The highest BCUT2D eigenvalue weighted by atomic mass is 19.4. The molecule has 2 aliphatic rings. The predicted octanol–water partition coefficient (Wildman–Crippen LogP) is 4.63. The number of urea groups is 1. The van der Waals surface area contributed by atoms with E-state index in [2.05, 4.69) is 15.5 Å². The third-order valence-corrected chi connectivity index (χ3v) is 6.77. The minimum absolute atomic E-state index is 0.0307. The third kappa shape index (κ3) is 7.04. The molecule has 3 N–H and O–H groups in total. The number of pyridine rings is 1. The smallest absolute Gasteiger partial charge is 0.389 e. The number of amides is 2. The number of aliphatic hydroxyl groups excluding tert-OH is 1. The number of halogens is 4. The highest BCUT2D eigenvalue weighted by Gasteiger charge is 2.36. The Hall–Kier alpha value is -3.12. The second-order valence-electron chi connectivity index (χ2n) is 9.92. The molecular formula is C26H33F4N5O3. The summed E-state index contributed by atoms with van der Waals surface area (Å²) in [6.45, 7) is 6.06. The zero-order valence-electron chi connectivity index (χ0n) is 21.4. The Morgan fingerprint density at radius 1 is 1.21 bits per heavy atom. The normalized spacial score (nSPS) is 19.0. The van der Waals surface area contributed by atoms with Crippen LogP contribution < -0.4 is 15.5 Å². The van der Waals surface area contributed by atoms with Gasteiger partial charge in [0.1, 0.15) is 17.5 Å². The summed E-state index contributed by atoms with van der Waals surface area (Å²) in [5, 5.41) is 15.2. The number of anilines is 3. The van der Waals surface area contributed by atoms with Gasteiger partial charge in [0.15, 0.2) is 0 Å². The highest BCUT2D eigenvalue weighted by Crippen LogP contribution is 2.34. The molecule has 2 unspecified atom stereocenters. The Labute approximate surface area is 219 Å². The largest absolute Gasteiger partial charge is 0.394 e. The van der Waals surface area contributed by atoms with E-state index in [4.69, 9.17) is 9.72 Å². The van der Waals surface area contributed by atoms with Gasteiger partial charge in [-0.25, -0.2) is 14.2 Å². The standard InChI is InChI=1S/C26H33F4N5O3/c1-16-9-21(27)22(32-25(37)35-4-3-18(14-35)13-26(28,29)30)12-20(16)19-10-23(31-17(2)15-36)33-24(11-19)34-5-7-38-8-6-34/h9-12,17-18,36H,3-8,13-15H2,1-2H3,(H,31,33)(H,32,37). The van der Waals surface area contributed by atoms with Crippen molar-refractivity contribution >= 4 is 23.4 Å². The lowest BCUT2D eigenvalue weighted by Gasteiger charge is -2.29. The molecule has 0 bridgehead atoms. The van der Waals surface area contributed by atoms with Crippen molar-refractivity contribution in [2.45, 2.75) is 38.9 Å². The molecule has 2 amide bonds. The molecule has 2 aliphatic heterocycles. The third-order valence-electron chi connectivity index (χ3n) is 6.77. The molecule has 38 heavy (non-hydrogen) atoms. The lowest BCUT2D eigenvalue weighted by atomic mass is 9.99. The molecule has 12 heteroatoms. The molecular weight excluding hydrogens is 506 g/mol. The summed E-state index contributed by atoms with van der Waals surface area (Å²) >= 11 is 0. The van der Waals surface area contributed by atoms with Crippen LogP contribution in [0.3, 0.4) is 0 Å². The molecule has 0 spiro atoms. The van der Waals surface area contributed by atoms with Gasteiger partial charge in [-0.2, -0.15) is 13.2 Å². The van der Waals surface area contributed by atoms with Crippen LogP contribution >= 0.6 is 0 Å². The molecule has 1 aromatic carbocycles. The first-order valence-electron chi connectivity index (χ1n) is 12.7. The van der Waals surface area contributed by atoms with E-state index in [1.54, 1.807) is 13.0 Å². The van der Waals surface area contributed by atoms with E-state index < -0.39 is 30.4 Å². The molecule has 1 aromatic heterocycles. The molecule has 0 radical (unpaired) electrons. The predicted molar refractivity (Wildman–Crippen MR) is 137 cm³/mol. The fourth-order valence-electron chi connectivity index (χ4n) is 4.78. The van der Waals surface area contributed by atoms with Gasteiger partial charge in [0, 0.05) is 38.6 Å².